The van der Waals surface area contributed by atoms with Gasteiger partial charge in [0, 0.05) is 20.1 Å². The molecule has 0 bridgehead atoms. The summed E-state index contributed by atoms with van der Waals surface area (Å²) in [5.74, 6) is 0. The van der Waals surface area contributed by atoms with Gasteiger partial charge in [0.2, 0.25) is 0 Å². The maximum atomic E-state index is 5.08. The van der Waals surface area contributed by atoms with Crippen molar-refractivity contribution in [1.29, 1.82) is 0 Å². The molecule has 1 saturated heterocycles. The lowest BCUT2D eigenvalue weighted by Crippen LogP contribution is -2.05. The van der Waals surface area contributed by atoms with Gasteiger partial charge < -0.3 is 9.47 Å². The largest absolute Gasteiger partial charge is 0.356 e. The third kappa shape index (κ3) is 1.14. The summed E-state index contributed by atoms with van der Waals surface area (Å²) >= 11 is 0. The zero-order valence-electron chi connectivity index (χ0n) is 4.52. The lowest BCUT2D eigenvalue weighted by molar-refractivity contribution is -0.0880. The summed E-state index contributed by atoms with van der Waals surface area (Å²) in [7, 11) is 1.68. The minimum absolute atomic E-state index is 0.0972. The smallest absolute Gasteiger partial charge is 0.157 e. The van der Waals surface area contributed by atoms with Gasteiger partial charge in [0.25, 0.3) is 0 Å². The number of methoxy groups -OCH3 is 1. The third-order valence-corrected chi connectivity index (χ3v) is 1.15. The van der Waals surface area contributed by atoms with E-state index in [2.05, 4.69) is 0 Å². The van der Waals surface area contributed by atoms with Crippen LogP contribution in [0.3, 0.4) is 0 Å². The van der Waals surface area contributed by atoms with Crippen LogP contribution >= 0.6 is 0 Å². The fourth-order valence-electron chi connectivity index (χ4n) is 0.734. The van der Waals surface area contributed by atoms with Crippen LogP contribution in [-0.4, -0.2) is 20.0 Å². The number of hydrogen-bond donors (Lipinski definition) is 0. The van der Waals surface area contributed by atoms with Gasteiger partial charge in [-0.05, 0) is 6.42 Å². The topological polar surface area (TPSA) is 18.5 Å². The predicted octanol–water partition coefficient (Wildman–Crippen LogP) is 0.769. The highest BCUT2D eigenvalue weighted by Crippen LogP contribution is 2.10. The average molecular weight is 102 g/mol. The molecule has 42 valence electrons. The summed E-state index contributed by atoms with van der Waals surface area (Å²) in [5, 5.41) is 0. The van der Waals surface area contributed by atoms with Gasteiger partial charge in [0.05, 0.1) is 0 Å². The van der Waals surface area contributed by atoms with E-state index in [1.54, 1.807) is 7.11 Å². The Morgan fingerprint density at radius 2 is 2.57 bits per heavy atom. The molecule has 0 aromatic rings. The third-order valence-electron chi connectivity index (χ3n) is 1.15. The van der Waals surface area contributed by atoms with Gasteiger partial charge in [-0.15, -0.1) is 0 Å². The van der Waals surface area contributed by atoms with Crippen LogP contribution in [0.5, 0.6) is 0 Å². The number of ether oxygens (including phenoxy) is 2. The Hall–Kier alpha value is -0.0800. The number of hydrogen-bond acceptors (Lipinski definition) is 2. The first-order valence-corrected chi connectivity index (χ1v) is 2.58. The van der Waals surface area contributed by atoms with Crippen LogP contribution in [0, 0.1) is 0 Å². The van der Waals surface area contributed by atoms with Gasteiger partial charge in [0.15, 0.2) is 6.29 Å². The van der Waals surface area contributed by atoms with Crippen LogP contribution < -0.4 is 0 Å². The molecule has 2 nitrogen and oxygen atoms in total. The Kier molecular flexibility index (Phi) is 1.65. The maximum Gasteiger partial charge on any atom is 0.157 e. The van der Waals surface area contributed by atoms with Crippen molar-refractivity contribution in [1.82, 2.24) is 0 Å². The lowest BCUT2D eigenvalue weighted by Gasteiger charge is -2.03. The van der Waals surface area contributed by atoms with E-state index < -0.39 is 0 Å². The molecule has 1 rings (SSSR count). The van der Waals surface area contributed by atoms with Gasteiger partial charge in [-0.3, -0.25) is 0 Å². The molecule has 2 heteroatoms. The van der Waals surface area contributed by atoms with E-state index in [9.17, 15) is 0 Å². The maximum absolute atomic E-state index is 5.08. The van der Waals surface area contributed by atoms with Gasteiger partial charge in [-0.1, -0.05) is 0 Å². The molecule has 0 aromatic carbocycles. The first-order chi connectivity index (χ1) is 3.43. The molecule has 1 fully saturated rings. The van der Waals surface area contributed by atoms with E-state index in [-0.39, 0.29) is 6.29 Å². The summed E-state index contributed by atoms with van der Waals surface area (Å²) in [4.78, 5) is 0. The second kappa shape index (κ2) is 2.28. The van der Waals surface area contributed by atoms with E-state index >= 15 is 0 Å². The van der Waals surface area contributed by atoms with Crippen LogP contribution in [0.2, 0.25) is 0 Å². The Bertz CT molecular complexity index is 48.0. The number of rotatable bonds is 1. The molecule has 1 unspecified atom stereocenters. The van der Waals surface area contributed by atoms with Gasteiger partial charge in [-0.25, -0.2) is 0 Å². The molecule has 0 radical (unpaired) electrons. The Balaban J connectivity index is 2.14. The molecule has 1 aliphatic heterocycles. The SMILES string of the molecule is COC1CCCO1. The van der Waals surface area contributed by atoms with Crippen molar-refractivity contribution in [2.45, 2.75) is 19.1 Å². The summed E-state index contributed by atoms with van der Waals surface area (Å²) in [6.45, 7) is 0.874. The van der Waals surface area contributed by atoms with Crippen LogP contribution in [0.25, 0.3) is 0 Å². The second-order valence-corrected chi connectivity index (χ2v) is 1.68. The van der Waals surface area contributed by atoms with Gasteiger partial charge in [0.1, 0.15) is 0 Å². The summed E-state index contributed by atoms with van der Waals surface area (Å²) in [6, 6.07) is 0. The molecule has 0 N–H and O–H groups in total. The zero-order chi connectivity index (χ0) is 5.11. The van der Waals surface area contributed by atoms with E-state index in [0.29, 0.717) is 0 Å². The molecule has 0 amide bonds. The molecule has 1 aliphatic rings. The molecule has 7 heavy (non-hydrogen) atoms. The summed E-state index contributed by atoms with van der Waals surface area (Å²) in [5.41, 5.74) is 0. The van der Waals surface area contributed by atoms with E-state index in [1.165, 1.54) is 0 Å². The molecular weight excluding hydrogens is 92.1 g/mol. The molecule has 0 spiro atoms. The summed E-state index contributed by atoms with van der Waals surface area (Å²) in [6.07, 6.45) is 2.31. The van der Waals surface area contributed by atoms with Crippen molar-refractivity contribution in [3.8, 4) is 0 Å². The van der Waals surface area contributed by atoms with Crippen molar-refractivity contribution in [3.63, 3.8) is 0 Å². The van der Waals surface area contributed by atoms with E-state index in [0.717, 1.165) is 19.4 Å². The Labute approximate surface area is 43.4 Å². The minimum Gasteiger partial charge on any atom is -0.356 e. The molecule has 1 atom stereocenters. The molecule has 1 heterocycles. The zero-order valence-corrected chi connectivity index (χ0v) is 4.52. The highest BCUT2D eigenvalue weighted by Gasteiger charge is 2.12. The fourth-order valence-corrected chi connectivity index (χ4v) is 0.734. The van der Waals surface area contributed by atoms with Crippen LogP contribution in [0.1, 0.15) is 12.8 Å². The predicted molar refractivity (Wildman–Crippen MR) is 26.0 cm³/mol. The van der Waals surface area contributed by atoms with Gasteiger partial charge >= 0.3 is 0 Å². The Morgan fingerprint density at radius 3 is 2.86 bits per heavy atom. The first kappa shape index (κ1) is 5.06. The molecule has 0 aromatic heterocycles. The summed E-state index contributed by atoms with van der Waals surface area (Å²) < 4.78 is 9.97. The monoisotopic (exact) mass is 102 g/mol. The molecule has 0 aliphatic carbocycles. The fraction of sp³-hybridized carbons (Fsp3) is 1.00. The van der Waals surface area contributed by atoms with Crippen molar-refractivity contribution in [2.24, 2.45) is 0 Å². The lowest BCUT2D eigenvalue weighted by atomic mass is 10.4. The van der Waals surface area contributed by atoms with Crippen molar-refractivity contribution in [3.05, 3.63) is 0 Å². The van der Waals surface area contributed by atoms with Gasteiger partial charge in [-0.2, -0.15) is 0 Å². The van der Waals surface area contributed by atoms with Crippen molar-refractivity contribution in [2.75, 3.05) is 13.7 Å². The quantitative estimate of drug-likeness (QED) is 0.487. The van der Waals surface area contributed by atoms with Crippen molar-refractivity contribution >= 4 is 0 Å². The normalized spacial score (nSPS) is 31.3. The first-order valence-electron chi connectivity index (χ1n) is 2.58. The second-order valence-electron chi connectivity index (χ2n) is 1.68. The average Bonchev–Trinajstić information content (AvgIpc) is 2.14. The van der Waals surface area contributed by atoms with Crippen LogP contribution in [0.15, 0.2) is 0 Å². The van der Waals surface area contributed by atoms with Crippen LogP contribution in [0.4, 0.5) is 0 Å². The standard InChI is InChI=1S/C5H10O2/c1-6-5-3-2-4-7-5/h5H,2-4H2,1H3. The van der Waals surface area contributed by atoms with E-state index in [1.807, 2.05) is 0 Å². The highest BCUT2D eigenvalue weighted by atomic mass is 16.7. The minimum atomic E-state index is 0.0972. The molecular formula is C5H10O2. The van der Waals surface area contributed by atoms with E-state index in [4.69, 9.17) is 9.47 Å². The molecule has 0 saturated carbocycles. The highest BCUT2D eigenvalue weighted by molar-refractivity contribution is 4.52. The van der Waals surface area contributed by atoms with Crippen LogP contribution in [-0.2, 0) is 9.47 Å². The Morgan fingerprint density at radius 1 is 1.71 bits per heavy atom. The van der Waals surface area contributed by atoms with Crippen molar-refractivity contribution < 1.29 is 9.47 Å².